The summed E-state index contributed by atoms with van der Waals surface area (Å²) in [6.45, 7) is 2.49. The monoisotopic (exact) mass is 658 g/mol. The lowest BCUT2D eigenvalue weighted by molar-refractivity contribution is -0.00733. The Morgan fingerprint density at radius 2 is 0.854 bits per heavy atom. The fourth-order valence-corrected chi connectivity index (χ4v) is 8.51. The Labute approximate surface area is 288 Å². The van der Waals surface area contributed by atoms with Crippen LogP contribution in [0.3, 0.4) is 0 Å². The molecule has 2 atom stereocenters. The topological polar surface area (TPSA) is 67.2 Å². The molecule has 0 aliphatic carbocycles. The first-order valence-corrected chi connectivity index (χ1v) is 17.4. The molecule has 2 fully saturated rings. The van der Waals surface area contributed by atoms with Crippen LogP contribution in [0.5, 0.6) is 5.75 Å². The lowest BCUT2D eigenvalue weighted by Gasteiger charge is -2.41. The van der Waals surface area contributed by atoms with Gasteiger partial charge in [0, 0.05) is 41.3 Å². The van der Waals surface area contributed by atoms with Crippen molar-refractivity contribution in [3.05, 3.63) is 172 Å². The van der Waals surface area contributed by atoms with Gasteiger partial charge in [0.15, 0.2) is 0 Å². The molecule has 246 valence electrons. The molecule has 6 heteroatoms. The summed E-state index contributed by atoms with van der Waals surface area (Å²) in [5, 5.41) is 37.6. The summed E-state index contributed by atoms with van der Waals surface area (Å²) in [5.41, 5.74) is 2.45. The number of phenolic OH excluding ortho intramolecular Hbond substituents is 1. The number of hydrogen-bond acceptors (Lipinski definition) is 5. The van der Waals surface area contributed by atoms with Gasteiger partial charge in [-0.1, -0.05) is 133 Å². The van der Waals surface area contributed by atoms with Crippen LogP contribution in [0.4, 0.5) is 0 Å². The first kappa shape index (κ1) is 32.6. The third-order valence-electron chi connectivity index (χ3n) is 10.5. The van der Waals surface area contributed by atoms with Gasteiger partial charge in [0.05, 0.1) is 0 Å². The van der Waals surface area contributed by atoms with Crippen molar-refractivity contribution in [1.82, 2.24) is 9.80 Å². The molecule has 5 nitrogen and oxygen atoms in total. The quantitative estimate of drug-likeness (QED) is 0.143. The van der Waals surface area contributed by atoms with Crippen LogP contribution < -0.4 is 0 Å². The Morgan fingerprint density at radius 1 is 0.542 bits per heavy atom. The van der Waals surface area contributed by atoms with E-state index in [0.29, 0.717) is 18.1 Å². The maximum absolute atomic E-state index is 12.6. The predicted octanol–water partition coefficient (Wildman–Crippen LogP) is 7.85. The van der Waals surface area contributed by atoms with Crippen LogP contribution in [0.25, 0.3) is 0 Å². The average Bonchev–Trinajstić information content (AvgIpc) is 3.81. The van der Waals surface area contributed by atoms with Crippen LogP contribution in [-0.2, 0) is 24.3 Å². The van der Waals surface area contributed by atoms with Crippen molar-refractivity contribution < 1.29 is 15.3 Å². The molecule has 0 aromatic heterocycles. The van der Waals surface area contributed by atoms with Crippen LogP contribution in [-0.4, -0.2) is 50.3 Å². The van der Waals surface area contributed by atoms with E-state index in [4.69, 9.17) is 11.6 Å². The Bertz CT molecular complexity index is 1590. The molecular weight excluding hydrogens is 616 g/mol. The van der Waals surface area contributed by atoms with Gasteiger partial charge in [-0.3, -0.25) is 9.80 Å². The minimum absolute atomic E-state index is 0.196. The number of hydrogen-bond donors (Lipinski definition) is 3. The second kappa shape index (κ2) is 13.9. The average molecular weight is 659 g/mol. The number of rotatable bonds is 10. The van der Waals surface area contributed by atoms with Gasteiger partial charge in [-0.05, 0) is 73.2 Å². The zero-order valence-electron chi connectivity index (χ0n) is 27.1. The molecular formula is C42H43ClN2O3. The fraction of sp³-hybridized carbons (Fsp3) is 0.286. The number of nitrogens with zero attached hydrogens (tertiary/aromatic N) is 2. The van der Waals surface area contributed by atoms with Crippen LogP contribution >= 0.6 is 11.6 Å². The van der Waals surface area contributed by atoms with E-state index in [2.05, 4.69) is 9.80 Å². The van der Waals surface area contributed by atoms with Gasteiger partial charge in [-0.25, -0.2) is 0 Å². The lowest BCUT2D eigenvalue weighted by Crippen LogP contribution is -2.48. The maximum Gasteiger partial charge on any atom is 0.130 e. The van der Waals surface area contributed by atoms with E-state index in [1.54, 1.807) is 0 Å². The summed E-state index contributed by atoms with van der Waals surface area (Å²) in [7, 11) is 0. The van der Waals surface area contributed by atoms with Crippen molar-refractivity contribution in [2.45, 2.75) is 62.1 Å². The zero-order chi connectivity index (χ0) is 33.1. The molecule has 5 aromatic rings. The molecule has 48 heavy (non-hydrogen) atoms. The molecule has 0 saturated carbocycles. The highest BCUT2D eigenvalue weighted by molar-refractivity contribution is 6.30. The van der Waals surface area contributed by atoms with Gasteiger partial charge in [-0.15, -0.1) is 0 Å². The highest BCUT2D eigenvalue weighted by Gasteiger charge is 2.47. The molecule has 2 aliphatic heterocycles. The summed E-state index contributed by atoms with van der Waals surface area (Å²) in [6, 6.07) is 42.9. The number of aliphatic hydroxyl groups is 2. The molecule has 5 aromatic carbocycles. The molecule has 2 heterocycles. The minimum Gasteiger partial charge on any atom is -0.507 e. The van der Waals surface area contributed by atoms with Crippen LogP contribution in [0.1, 0.15) is 59.1 Å². The van der Waals surface area contributed by atoms with E-state index in [1.165, 1.54) is 0 Å². The molecule has 7 rings (SSSR count). The van der Waals surface area contributed by atoms with E-state index in [-0.39, 0.29) is 17.8 Å². The third-order valence-corrected chi connectivity index (χ3v) is 10.7. The fourth-order valence-electron chi connectivity index (χ4n) is 8.25. The highest BCUT2D eigenvalue weighted by atomic mass is 35.5. The predicted molar refractivity (Wildman–Crippen MR) is 192 cm³/mol. The number of halogens is 1. The van der Waals surface area contributed by atoms with E-state index in [1.807, 2.05) is 133 Å². The zero-order valence-corrected chi connectivity index (χ0v) is 27.9. The van der Waals surface area contributed by atoms with Gasteiger partial charge in [0.2, 0.25) is 0 Å². The molecule has 2 saturated heterocycles. The number of phenols is 1. The van der Waals surface area contributed by atoms with Gasteiger partial charge in [-0.2, -0.15) is 0 Å². The van der Waals surface area contributed by atoms with Crippen molar-refractivity contribution in [3.8, 4) is 5.75 Å². The van der Waals surface area contributed by atoms with Crippen molar-refractivity contribution in [3.63, 3.8) is 0 Å². The van der Waals surface area contributed by atoms with Crippen molar-refractivity contribution in [2.75, 3.05) is 13.1 Å². The molecule has 3 N–H and O–H groups in total. The number of likely N-dealkylation sites (tertiary alicyclic amines) is 2. The molecule has 0 radical (unpaired) electrons. The normalized spacial score (nSPS) is 19.1. The largest absolute Gasteiger partial charge is 0.507 e. The molecule has 0 amide bonds. The van der Waals surface area contributed by atoms with Gasteiger partial charge < -0.3 is 15.3 Å². The van der Waals surface area contributed by atoms with Gasteiger partial charge in [0.1, 0.15) is 17.0 Å². The van der Waals surface area contributed by atoms with E-state index < -0.39 is 11.2 Å². The van der Waals surface area contributed by atoms with Crippen LogP contribution in [0, 0.1) is 0 Å². The van der Waals surface area contributed by atoms with Gasteiger partial charge >= 0.3 is 0 Å². The summed E-state index contributed by atoms with van der Waals surface area (Å²) in [4.78, 5) is 4.58. The highest BCUT2D eigenvalue weighted by Crippen LogP contribution is 2.44. The summed E-state index contributed by atoms with van der Waals surface area (Å²) in [6.07, 6.45) is 3.52. The second-order valence-electron chi connectivity index (χ2n) is 13.3. The van der Waals surface area contributed by atoms with E-state index in [0.717, 1.165) is 72.2 Å². The van der Waals surface area contributed by atoms with Crippen molar-refractivity contribution >= 4 is 11.6 Å². The molecule has 2 aliphatic rings. The Hall–Kier alpha value is -3.97. The molecule has 0 bridgehead atoms. The number of aromatic hydroxyl groups is 1. The Morgan fingerprint density at radius 3 is 1.17 bits per heavy atom. The van der Waals surface area contributed by atoms with Crippen LogP contribution in [0.15, 0.2) is 133 Å². The first-order valence-electron chi connectivity index (χ1n) is 17.0. The smallest absolute Gasteiger partial charge is 0.130 e. The van der Waals surface area contributed by atoms with E-state index in [9.17, 15) is 15.3 Å². The second-order valence-corrected chi connectivity index (χ2v) is 13.8. The number of benzene rings is 5. The van der Waals surface area contributed by atoms with E-state index >= 15 is 0 Å². The molecule has 2 unspecified atom stereocenters. The van der Waals surface area contributed by atoms with Gasteiger partial charge in [0.25, 0.3) is 0 Å². The molecule has 0 spiro atoms. The standard InChI is InChI=1S/C42H43ClN2O3/c43-37-27-31(29-44-25-13-23-38(44)41(47,33-15-5-1-6-16-33)34-17-7-2-8-18-34)40(46)32(28-37)30-45-26-14-24-39(45)42(48,35-19-9-3-10-20-35)36-21-11-4-12-22-36/h1-12,15-22,27-28,38-39,46-48H,13-14,23-26,29-30H2. The Kier molecular flexibility index (Phi) is 9.41. The SMILES string of the molecule is Oc1c(CN2CCCC2C(O)(c2ccccc2)c2ccccc2)cc(Cl)cc1CN1CCCC1C(O)(c1ccccc1)c1ccccc1. The maximum atomic E-state index is 12.6. The van der Waals surface area contributed by atoms with Crippen LogP contribution in [0.2, 0.25) is 5.02 Å². The summed E-state index contributed by atoms with van der Waals surface area (Å²) in [5.74, 6) is 0.224. The summed E-state index contributed by atoms with van der Waals surface area (Å²) >= 11 is 6.78. The summed E-state index contributed by atoms with van der Waals surface area (Å²) < 4.78 is 0. The first-order chi connectivity index (χ1) is 23.4. The van der Waals surface area contributed by atoms with Crippen molar-refractivity contribution in [1.29, 1.82) is 0 Å². The van der Waals surface area contributed by atoms with Crippen molar-refractivity contribution in [2.24, 2.45) is 0 Å². The Balaban J connectivity index is 1.19. The lowest BCUT2D eigenvalue weighted by atomic mass is 9.79. The third kappa shape index (κ3) is 6.06. The minimum atomic E-state index is -1.22.